The van der Waals surface area contributed by atoms with Crippen LogP contribution in [0.3, 0.4) is 0 Å². The molecule has 0 saturated carbocycles. The molecule has 2 N–H and O–H groups in total. The Morgan fingerprint density at radius 3 is 2.95 bits per heavy atom. The fraction of sp³-hybridized carbons (Fsp3) is 0.0714. The van der Waals surface area contributed by atoms with E-state index in [1.54, 1.807) is 17.4 Å². The lowest BCUT2D eigenvalue weighted by molar-refractivity contribution is 0.427. The number of benzene rings is 1. The number of nitrogens with zero attached hydrogens (tertiary/aromatic N) is 1. The van der Waals surface area contributed by atoms with E-state index in [0.717, 1.165) is 21.2 Å². The zero-order valence-electron chi connectivity index (χ0n) is 10.4. The third kappa shape index (κ3) is 3.02. The van der Waals surface area contributed by atoms with Gasteiger partial charge in [-0.25, -0.2) is 4.39 Å². The van der Waals surface area contributed by atoms with Gasteiger partial charge in [0.15, 0.2) is 5.76 Å². The summed E-state index contributed by atoms with van der Waals surface area (Å²) in [6, 6.07) is 10.4. The summed E-state index contributed by atoms with van der Waals surface area (Å²) in [6.07, 6.45) is 0. The first-order valence-corrected chi connectivity index (χ1v) is 7.75. The molecule has 0 aliphatic heterocycles. The van der Waals surface area contributed by atoms with Crippen molar-refractivity contribution in [3.8, 4) is 10.6 Å². The number of nitrogens with two attached hydrogens (primary N) is 1. The van der Waals surface area contributed by atoms with Crippen molar-refractivity contribution in [2.24, 2.45) is 0 Å². The maximum Gasteiger partial charge on any atom is 0.177 e. The number of rotatable bonds is 4. The lowest BCUT2D eigenvalue weighted by atomic mass is 10.3. The lowest BCUT2D eigenvalue weighted by Gasteiger charge is -2.01. The van der Waals surface area contributed by atoms with Gasteiger partial charge in [-0.1, -0.05) is 11.2 Å². The monoisotopic (exact) mass is 306 g/mol. The average molecular weight is 306 g/mol. The quantitative estimate of drug-likeness (QED) is 0.573. The second kappa shape index (κ2) is 5.68. The summed E-state index contributed by atoms with van der Waals surface area (Å²) in [5, 5.41) is 6.01. The van der Waals surface area contributed by atoms with Gasteiger partial charge in [0, 0.05) is 22.4 Å². The molecule has 3 nitrogen and oxygen atoms in total. The van der Waals surface area contributed by atoms with Crippen LogP contribution in [0.5, 0.6) is 0 Å². The van der Waals surface area contributed by atoms with Gasteiger partial charge >= 0.3 is 0 Å². The number of thiophene rings is 1. The topological polar surface area (TPSA) is 52.0 Å². The molecule has 0 fully saturated rings. The van der Waals surface area contributed by atoms with Gasteiger partial charge in [-0.3, -0.25) is 0 Å². The molecule has 0 atom stereocenters. The first kappa shape index (κ1) is 13.2. The maximum absolute atomic E-state index is 13.2. The SMILES string of the molecule is Nc1cc(F)cc(SCc2cc(-c3cccs3)on2)c1. The van der Waals surface area contributed by atoms with E-state index in [1.165, 1.54) is 23.9 Å². The van der Waals surface area contributed by atoms with Crippen LogP contribution in [0.2, 0.25) is 0 Å². The number of anilines is 1. The average Bonchev–Trinajstić information content (AvgIpc) is 3.06. The van der Waals surface area contributed by atoms with E-state index in [2.05, 4.69) is 5.16 Å². The van der Waals surface area contributed by atoms with Crippen LogP contribution >= 0.6 is 23.1 Å². The van der Waals surface area contributed by atoms with Crippen LogP contribution in [0.4, 0.5) is 10.1 Å². The summed E-state index contributed by atoms with van der Waals surface area (Å²) in [7, 11) is 0. The van der Waals surface area contributed by atoms with E-state index >= 15 is 0 Å². The van der Waals surface area contributed by atoms with E-state index < -0.39 is 0 Å². The number of thioether (sulfide) groups is 1. The van der Waals surface area contributed by atoms with Crippen LogP contribution in [0.15, 0.2) is 51.2 Å². The predicted molar refractivity (Wildman–Crippen MR) is 80.2 cm³/mol. The molecule has 2 aromatic heterocycles. The maximum atomic E-state index is 13.2. The third-order valence-corrected chi connectivity index (χ3v) is 4.50. The van der Waals surface area contributed by atoms with Gasteiger partial charge in [0.2, 0.25) is 0 Å². The van der Waals surface area contributed by atoms with Gasteiger partial charge < -0.3 is 10.3 Å². The highest BCUT2D eigenvalue weighted by Crippen LogP contribution is 2.29. The van der Waals surface area contributed by atoms with Crippen molar-refractivity contribution in [3.05, 3.63) is 53.3 Å². The van der Waals surface area contributed by atoms with E-state index in [-0.39, 0.29) is 5.82 Å². The largest absolute Gasteiger partial charge is 0.399 e. The van der Waals surface area contributed by atoms with Crippen molar-refractivity contribution in [1.82, 2.24) is 5.16 Å². The Kier molecular flexibility index (Phi) is 3.75. The Morgan fingerprint density at radius 2 is 2.20 bits per heavy atom. The van der Waals surface area contributed by atoms with Gasteiger partial charge in [-0.05, 0) is 29.6 Å². The molecule has 0 radical (unpaired) electrons. The van der Waals surface area contributed by atoms with Crippen molar-refractivity contribution in [2.75, 3.05) is 5.73 Å². The second-order valence-electron chi connectivity index (χ2n) is 4.17. The van der Waals surface area contributed by atoms with Crippen LogP contribution in [0.1, 0.15) is 5.69 Å². The highest BCUT2D eigenvalue weighted by atomic mass is 32.2. The zero-order chi connectivity index (χ0) is 13.9. The summed E-state index contributed by atoms with van der Waals surface area (Å²) in [6.45, 7) is 0. The number of aromatic nitrogens is 1. The Labute approximate surface area is 123 Å². The molecular weight excluding hydrogens is 295 g/mol. The summed E-state index contributed by atoms with van der Waals surface area (Å²) < 4.78 is 18.5. The van der Waals surface area contributed by atoms with Crippen molar-refractivity contribution in [3.63, 3.8) is 0 Å². The molecule has 20 heavy (non-hydrogen) atoms. The molecule has 3 aromatic rings. The zero-order valence-corrected chi connectivity index (χ0v) is 12.0. The number of hydrogen-bond donors (Lipinski definition) is 1. The molecule has 6 heteroatoms. The van der Waals surface area contributed by atoms with Gasteiger partial charge in [0.25, 0.3) is 0 Å². The minimum Gasteiger partial charge on any atom is -0.399 e. The molecule has 102 valence electrons. The summed E-state index contributed by atoms with van der Waals surface area (Å²) in [4.78, 5) is 1.83. The molecule has 0 aliphatic rings. The molecule has 1 aromatic carbocycles. The minimum absolute atomic E-state index is 0.327. The Hall–Kier alpha value is -1.79. The smallest absolute Gasteiger partial charge is 0.177 e. The predicted octanol–water partition coefficient (Wildman–Crippen LogP) is 4.42. The van der Waals surface area contributed by atoms with Crippen LogP contribution in [0.25, 0.3) is 10.6 Å². The van der Waals surface area contributed by atoms with Crippen molar-refractivity contribution >= 4 is 28.8 Å². The van der Waals surface area contributed by atoms with E-state index in [1.807, 2.05) is 23.6 Å². The number of halogens is 1. The Bertz CT molecular complexity index is 690. The molecule has 0 unspecified atom stereocenters. The van der Waals surface area contributed by atoms with E-state index in [4.69, 9.17) is 10.3 Å². The van der Waals surface area contributed by atoms with Gasteiger partial charge in [-0.2, -0.15) is 0 Å². The molecule has 0 saturated heterocycles. The second-order valence-corrected chi connectivity index (χ2v) is 6.17. The number of nitrogen functional groups attached to an aromatic ring is 1. The van der Waals surface area contributed by atoms with Gasteiger partial charge in [0.1, 0.15) is 5.82 Å². The third-order valence-electron chi connectivity index (χ3n) is 2.60. The van der Waals surface area contributed by atoms with Gasteiger partial charge in [0.05, 0.1) is 10.6 Å². The molecular formula is C14H11FN2OS2. The molecule has 2 heterocycles. The molecule has 0 spiro atoms. The highest BCUT2D eigenvalue weighted by Gasteiger charge is 2.08. The fourth-order valence-electron chi connectivity index (χ4n) is 1.74. The summed E-state index contributed by atoms with van der Waals surface area (Å²) >= 11 is 3.07. The first-order valence-electron chi connectivity index (χ1n) is 5.89. The van der Waals surface area contributed by atoms with E-state index in [0.29, 0.717) is 11.4 Å². The lowest BCUT2D eigenvalue weighted by Crippen LogP contribution is -1.87. The Balaban J connectivity index is 1.69. The molecule has 0 amide bonds. The van der Waals surface area contributed by atoms with Crippen molar-refractivity contribution in [1.29, 1.82) is 0 Å². The van der Waals surface area contributed by atoms with Crippen molar-refractivity contribution in [2.45, 2.75) is 10.6 Å². The highest BCUT2D eigenvalue weighted by molar-refractivity contribution is 7.98. The van der Waals surface area contributed by atoms with Gasteiger partial charge in [-0.15, -0.1) is 23.1 Å². The Morgan fingerprint density at radius 1 is 1.30 bits per heavy atom. The fourth-order valence-corrected chi connectivity index (χ4v) is 3.28. The summed E-state index contributed by atoms with van der Waals surface area (Å²) in [5.41, 5.74) is 6.85. The van der Waals surface area contributed by atoms with E-state index in [9.17, 15) is 4.39 Å². The number of hydrogen-bond acceptors (Lipinski definition) is 5. The minimum atomic E-state index is -0.327. The summed E-state index contributed by atoms with van der Waals surface area (Å²) in [5.74, 6) is 1.04. The van der Waals surface area contributed by atoms with Crippen molar-refractivity contribution < 1.29 is 8.91 Å². The normalized spacial score (nSPS) is 10.8. The molecule has 0 bridgehead atoms. The first-order chi connectivity index (χ1) is 9.70. The van der Waals surface area contributed by atoms with Crippen LogP contribution < -0.4 is 5.73 Å². The standard InChI is InChI=1S/C14H11FN2OS2/c15-9-4-10(16)6-12(5-9)20-8-11-7-13(18-17-11)14-2-1-3-19-14/h1-7H,8,16H2. The van der Waals surface area contributed by atoms with Crippen LogP contribution in [-0.4, -0.2) is 5.16 Å². The molecule has 3 rings (SSSR count). The van der Waals surface area contributed by atoms with Crippen LogP contribution in [0, 0.1) is 5.82 Å². The van der Waals surface area contributed by atoms with Crippen LogP contribution in [-0.2, 0) is 5.75 Å². The molecule has 0 aliphatic carbocycles.